The highest BCUT2D eigenvalue weighted by Gasteiger charge is 2.23. The van der Waals surface area contributed by atoms with Crippen molar-refractivity contribution in [1.82, 2.24) is 9.80 Å². The van der Waals surface area contributed by atoms with Crippen LogP contribution in [0.15, 0.2) is 24.3 Å². The second-order valence-corrected chi connectivity index (χ2v) is 7.33. The van der Waals surface area contributed by atoms with Gasteiger partial charge in [-0.2, -0.15) is 0 Å². The number of ether oxygens (including phenoxy) is 2. The maximum absolute atomic E-state index is 10.4. The number of rotatable bonds is 7. The van der Waals surface area contributed by atoms with Gasteiger partial charge in [-0.05, 0) is 49.9 Å². The van der Waals surface area contributed by atoms with E-state index in [1.54, 1.807) is 7.11 Å². The summed E-state index contributed by atoms with van der Waals surface area (Å²) in [6.45, 7) is 7.20. The number of aliphatic hydroxyl groups is 1. The molecule has 1 N–H and O–H groups in total. The number of nitrogens with zero attached hydrogens (tertiary/aromatic N) is 2. The molecule has 0 spiro atoms. The van der Waals surface area contributed by atoms with E-state index in [1.807, 2.05) is 12.1 Å². The average Bonchev–Trinajstić information content (AvgIpc) is 2.64. The Morgan fingerprint density at radius 1 is 1.08 bits per heavy atom. The molecule has 1 atom stereocenters. The van der Waals surface area contributed by atoms with Crippen LogP contribution in [0.3, 0.4) is 0 Å². The SMILES string of the molecule is COc1ccccc1CC1CCN(CC(O)CN2CCOCC2)CC1. The maximum atomic E-state index is 10.4. The van der Waals surface area contributed by atoms with Gasteiger partial charge in [-0.1, -0.05) is 18.2 Å². The van der Waals surface area contributed by atoms with E-state index >= 15 is 0 Å². The summed E-state index contributed by atoms with van der Waals surface area (Å²) in [6, 6.07) is 8.35. The minimum absolute atomic E-state index is 0.260. The zero-order valence-corrected chi connectivity index (χ0v) is 15.4. The molecule has 2 aliphatic rings. The van der Waals surface area contributed by atoms with Crippen molar-refractivity contribution in [2.75, 3.05) is 59.6 Å². The lowest BCUT2D eigenvalue weighted by atomic mass is 9.89. The smallest absolute Gasteiger partial charge is 0.122 e. The first-order chi connectivity index (χ1) is 12.2. The third kappa shape index (κ3) is 5.68. The first kappa shape index (κ1) is 18.6. The molecule has 2 saturated heterocycles. The topological polar surface area (TPSA) is 45.2 Å². The largest absolute Gasteiger partial charge is 0.496 e. The lowest BCUT2D eigenvalue weighted by molar-refractivity contribution is 0.00419. The van der Waals surface area contributed by atoms with Crippen LogP contribution in [0.1, 0.15) is 18.4 Å². The van der Waals surface area contributed by atoms with E-state index in [9.17, 15) is 5.11 Å². The highest BCUT2D eigenvalue weighted by Crippen LogP contribution is 2.26. The minimum atomic E-state index is -0.260. The Morgan fingerprint density at radius 3 is 2.40 bits per heavy atom. The first-order valence-electron chi connectivity index (χ1n) is 9.57. The van der Waals surface area contributed by atoms with Crippen LogP contribution in [0.2, 0.25) is 0 Å². The molecule has 0 saturated carbocycles. The molecule has 1 aromatic carbocycles. The van der Waals surface area contributed by atoms with Crippen molar-refractivity contribution in [2.45, 2.75) is 25.4 Å². The van der Waals surface area contributed by atoms with Crippen molar-refractivity contribution in [1.29, 1.82) is 0 Å². The third-order valence-corrected chi connectivity index (χ3v) is 5.45. The number of benzene rings is 1. The van der Waals surface area contributed by atoms with Gasteiger partial charge < -0.3 is 19.5 Å². The van der Waals surface area contributed by atoms with Crippen LogP contribution < -0.4 is 4.74 Å². The summed E-state index contributed by atoms with van der Waals surface area (Å²) < 4.78 is 10.8. The molecular weight excluding hydrogens is 316 g/mol. The van der Waals surface area contributed by atoms with E-state index in [0.717, 1.165) is 64.7 Å². The zero-order valence-electron chi connectivity index (χ0n) is 15.4. The quantitative estimate of drug-likeness (QED) is 0.812. The molecule has 0 bridgehead atoms. The van der Waals surface area contributed by atoms with Crippen molar-refractivity contribution >= 4 is 0 Å². The summed E-state index contributed by atoms with van der Waals surface area (Å²) in [6.07, 6.45) is 3.22. The Labute approximate surface area is 151 Å². The Balaban J connectivity index is 1.39. The molecule has 2 heterocycles. The highest BCUT2D eigenvalue weighted by atomic mass is 16.5. The number of morpholine rings is 1. The standard InChI is InChI=1S/C20H32N2O3/c1-24-20-5-3-2-4-18(20)14-17-6-8-21(9-7-17)15-19(23)16-22-10-12-25-13-11-22/h2-5,17,19,23H,6-16H2,1H3. The fourth-order valence-electron chi connectivity index (χ4n) is 3.99. The van der Waals surface area contributed by atoms with Gasteiger partial charge in [-0.15, -0.1) is 0 Å². The summed E-state index contributed by atoms with van der Waals surface area (Å²) in [4.78, 5) is 4.73. The predicted octanol–water partition coefficient (Wildman–Crippen LogP) is 1.64. The minimum Gasteiger partial charge on any atom is -0.496 e. The molecule has 3 rings (SSSR count). The fourth-order valence-corrected chi connectivity index (χ4v) is 3.99. The van der Waals surface area contributed by atoms with Crippen LogP contribution in [0.5, 0.6) is 5.75 Å². The molecule has 0 aromatic heterocycles. The van der Waals surface area contributed by atoms with Crippen LogP contribution in [0.25, 0.3) is 0 Å². The highest BCUT2D eigenvalue weighted by molar-refractivity contribution is 5.33. The van der Waals surface area contributed by atoms with Crippen molar-refractivity contribution in [3.63, 3.8) is 0 Å². The molecule has 2 fully saturated rings. The molecule has 1 unspecified atom stereocenters. The van der Waals surface area contributed by atoms with E-state index < -0.39 is 0 Å². The second-order valence-electron chi connectivity index (χ2n) is 7.33. The van der Waals surface area contributed by atoms with Crippen LogP contribution in [0, 0.1) is 5.92 Å². The number of hydrogen-bond acceptors (Lipinski definition) is 5. The molecule has 0 amide bonds. The maximum Gasteiger partial charge on any atom is 0.122 e. The number of para-hydroxylation sites is 1. The van der Waals surface area contributed by atoms with Crippen molar-refractivity contribution in [2.24, 2.45) is 5.92 Å². The van der Waals surface area contributed by atoms with E-state index in [4.69, 9.17) is 9.47 Å². The van der Waals surface area contributed by atoms with Crippen LogP contribution in [-0.4, -0.2) is 80.6 Å². The molecule has 0 radical (unpaired) electrons. The van der Waals surface area contributed by atoms with Gasteiger partial charge in [0.15, 0.2) is 0 Å². The Bertz CT molecular complexity index is 511. The van der Waals surface area contributed by atoms with Crippen LogP contribution in [-0.2, 0) is 11.2 Å². The molecule has 5 nitrogen and oxygen atoms in total. The van der Waals surface area contributed by atoms with Gasteiger partial charge in [0.2, 0.25) is 0 Å². The van der Waals surface area contributed by atoms with Gasteiger partial charge in [0, 0.05) is 26.2 Å². The molecule has 2 aliphatic heterocycles. The summed E-state index contributed by atoms with van der Waals surface area (Å²) in [7, 11) is 1.75. The number of hydrogen-bond donors (Lipinski definition) is 1. The van der Waals surface area contributed by atoms with Crippen molar-refractivity contribution in [3.05, 3.63) is 29.8 Å². The van der Waals surface area contributed by atoms with Gasteiger partial charge in [-0.25, -0.2) is 0 Å². The van der Waals surface area contributed by atoms with Gasteiger partial charge in [0.05, 0.1) is 26.4 Å². The van der Waals surface area contributed by atoms with Crippen molar-refractivity contribution < 1.29 is 14.6 Å². The third-order valence-electron chi connectivity index (χ3n) is 5.45. The monoisotopic (exact) mass is 348 g/mol. The molecule has 0 aliphatic carbocycles. The number of likely N-dealkylation sites (tertiary alicyclic amines) is 1. The van der Waals surface area contributed by atoms with Crippen molar-refractivity contribution in [3.8, 4) is 5.75 Å². The van der Waals surface area contributed by atoms with Gasteiger partial charge >= 0.3 is 0 Å². The Morgan fingerprint density at radius 2 is 1.72 bits per heavy atom. The molecular formula is C20H32N2O3. The molecule has 25 heavy (non-hydrogen) atoms. The Hall–Kier alpha value is -1.14. The number of β-amino-alcohol motifs (C(OH)–C–C–N with tert-alkyl or cyclic N) is 1. The summed E-state index contributed by atoms with van der Waals surface area (Å²) >= 11 is 0. The molecule has 1 aromatic rings. The Kier molecular flexibility index (Phi) is 7.11. The van der Waals surface area contributed by atoms with Crippen LogP contribution in [0.4, 0.5) is 0 Å². The lowest BCUT2D eigenvalue weighted by Gasteiger charge is -2.35. The molecule has 5 heteroatoms. The van der Waals surface area contributed by atoms with Gasteiger partial charge in [0.25, 0.3) is 0 Å². The lowest BCUT2D eigenvalue weighted by Crippen LogP contribution is -2.46. The van der Waals surface area contributed by atoms with E-state index in [1.165, 1.54) is 18.4 Å². The predicted molar refractivity (Wildman–Crippen MR) is 99.1 cm³/mol. The first-order valence-corrected chi connectivity index (χ1v) is 9.57. The number of piperidine rings is 1. The van der Waals surface area contributed by atoms with E-state index in [2.05, 4.69) is 21.9 Å². The van der Waals surface area contributed by atoms with E-state index in [0.29, 0.717) is 5.92 Å². The average molecular weight is 348 g/mol. The van der Waals surface area contributed by atoms with Gasteiger partial charge in [0.1, 0.15) is 5.75 Å². The second kappa shape index (κ2) is 9.53. The molecule has 140 valence electrons. The van der Waals surface area contributed by atoms with E-state index in [-0.39, 0.29) is 6.10 Å². The zero-order chi connectivity index (χ0) is 17.5. The fraction of sp³-hybridized carbons (Fsp3) is 0.700. The normalized spacial score (nSPS) is 22.0. The van der Waals surface area contributed by atoms with Gasteiger partial charge in [-0.3, -0.25) is 4.90 Å². The number of aliphatic hydroxyl groups excluding tert-OH is 1. The summed E-state index contributed by atoms with van der Waals surface area (Å²) in [5.74, 6) is 1.72. The number of methoxy groups -OCH3 is 1. The summed E-state index contributed by atoms with van der Waals surface area (Å²) in [5.41, 5.74) is 1.32. The summed E-state index contributed by atoms with van der Waals surface area (Å²) in [5, 5.41) is 10.4. The van der Waals surface area contributed by atoms with Crippen LogP contribution >= 0.6 is 0 Å².